The van der Waals surface area contributed by atoms with Crippen LogP contribution in [0.5, 0.6) is 0 Å². The van der Waals surface area contributed by atoms with Gasteiger partial charge in [-0.05, 0) is 19.1 Å². The molecule has 5 nitrogen and oxygen atoms in total. The number of aliphatic carboxylic acids is 1. The van der Waals surface area contributed by atoms with E-state index in [0.29, 0.717) is 13.2 Å². The molecule has 1 saturated heterocycles. The van der Waals surface area contributed by atoms with Crippen LogP contribution in [0.15, 0.2) is 16.5 Å². The van der Waals surface area contributed by atoms with E-state index < -0.39 is 17.4 Å². The SMILES string of the molecule is Cc1ccc(C2(C(N)CC(=O)O)COC2)o1. The summed E-state index contributed by atoms with van der Waals surface area (Å²) >= 11 is 0. The lowest BCUT2D eigenvalue weighted by Gasteiger charge is -2.43. The third kappa shape index (κ3) is 1.72. The Hall–Kier alpha value is -1.33. The molecule has 2 heterocycles. The molecular weight excluding hydrogens is 210 g/mol. The number of nitrogens with two attached hydrogens (primary N) is 1. The number of rotatable bonds is 4. The van der Waals surface area contributed by atoms with Crippen molar-refractivity contribution in [2.75, 3.05) is 13.2 Å². The minimum absolute atomic E-state index is 0.0803. The van der Waals surface area contributed by atoms with Crippen LogP contribution in [0.3, 0.4) is 0 Å². The molecule has 1 atom stereocenters. The number of carboxylic acid groups (broad SMARTS) is 1. The molecule has 1 aliphatic heterocycles. The Morgan fingerprint density at radius 2 is 2.31 bits per heavy atom. The van der Waals surface area contributed by atoms with Gasteiger partial charge in [-0.3, -0.25) is 4.79 Å². The van der Waals surface area contributed by atoms with Gasteiger partial charge in [-0.15, -0.1) is 0 Å². The highest BCUT2D eigenvalue weighted by atomic mass is 16.5. The van der Waals surface area contributed by atoms with Crippen LogP contribution < -0.4 is 5.73 Å². The molecule has 0 aromatic carbocycles. The van der Waals surface area contributed by atoms with Crippen molar-refractivity contribution in [3.63, 3.8) is 0 Å². The molecule has 0 radical (unpaired) electrons. The minimum Gasteiger partial charge on any atom is -0.481 e. The van der Waals surface area contributed by atoms with Crippen LogP contribution in [0.1, 0.15) is 17.9 Å². The van der Waals surface area contributed by atoms with E-state index in [2.05, 4.69) is 0 Å². The highest BCUT2D eigenvalue weighted by Crippen LogP contribution is 2.37. The molecule has 0 amide bonds. The summed E-state index contributed by atoms with van der Waals surface area (Å²) in [6, 6.07) is 3.21. The fourth-order valence-corrected chi connectivity index (χ4v) is 1.95. The average Bonchev–Trinajstić information content (AvgIpc) is 2.48. The molecule has 1 unspecified atom stereocenters. The molecule has 0 bridgehead atoms. The van der Waals surface area contributed by atoms with Crippen LogP contribution >= 0.6 is 0 Å². The summed E-state index contributed by atoms with van der Waals surface area (Å²) < 4.78 is 10.7. The predicted molar refractivity (Wildman–Crippen MR) is 56.2 cm³/mol. The molecule has 0 aliphatic carbocycles. The van der Waals surface area contributed by atoms with Crippen molar-refractivity contribution in [3.8, 4) is 0 Å². The van der Waals surface area contributed by atoms with Gasteiger partial charge in [0.2, 0.25) is 0 Å². The fourth-order valence-electron chi connectivity index (χ4n) is 1.95. The molecule has 1 aromatic heterocycles. The maximum Gasteiger partial charge on any atom is 0.304 e. The minimum atomic E-state index is -0.901. The van der Waals surface area contributed by atoms with Crippen molar-refractivity contribution in [1.82, 2.24) is 0 Å². The van der Waals surface area contributed by atoms with Crippen molar-refractivity contribution in [2.24, 2.45) is 5.73 Å². The second-order valence-corrected chi connectivity index (χ2v) is 4.26. The summed E-state index contributed by atoms with van der Waals surface area (Å²) in [5.74, 6) is 0.621. The smallest absolute Gasteiger partial charge is 0.304 e. The second kappa shape index (κ2) is 3.92. The Kier molecular flexibility index (Phi) is 2.73. The normalized spacial score (nSPS) is 20.1. The van der Waals surface area contributed by atoms with Crippen molar-refractivity contribution >= 4 is 5.97 Å². The maximum atomic E-state index is 10.7. The lowest BCUT2D eigenvalue weighted by atomic mass is 9.75. The molecule has 5 heteroatoms. The molecule has 16 heavy (non-hydrogen) atoms. The van der Waals surface area contributed by atoms with Crippen LogP contribution in [0, 0.1) is 6.92 Å². The van der Waals surface area contributed by atoms with Crippen LogP contribution in [-0.4, -0.2) is 30.3 Å². The monoisotopic (exact) mass is 225 g/mol. The summed E-state index contributed by atoms with van der Waals surface area (Å²) in [5.41, 5.74) is 5.47. The number of aryl methyl sites for hydroxylation is 1. The summed E-state index contributed by atoms with van der Waals surface area (Å²) in [7, 11) is 0. The topological polar surface area (TPSA) is 85.7 Å². The van der Waals surface area contributed by atoms with Crippen molar-refractivity contribution < 1.29 is 19.1 Å². The van der Waals surface area contributed by atoms with E-state index in [-0.39, 0.29) is 6.42 Å². The van der Waals surface area contributed by atoms with Gasteiger partial charge in [0.1, 0.15) is 11.5 Å². The molecule has 3 N–H and O–H groups in total. The summed E-state index contributed by atoms with van der Waals surface area (Å²) in [6.07, 6.45) is -0.0803. The standard InChI is InChI=1S/C11H15NO4/c1-7-2-3-9(16-7)11(5-15-6-11)8(12)4-10(13)14/h2-3,8H,4-6,12H2,1H3,(H,13,14). The van der Waals surface area contributed by atoms with Crippen molar-refractivity contribution in [1.29, 1.82) is 0 Å². The number of ether oxygens (including phenoxy) is 1. The van der Waals surface area contributed by atoms with Gasteiger partial charge in [0.15, 0.2) is 0 Å². The van der Waals surface area contributed by atoms with E-state index in [4.69, 9.17) is 20.0 Å². The molecular formula is C11H15NO4. The zero-order valence-electron chi connectivity index (χ0n) is 9.10. The molecule has 0 spiro atoms. The Bertz CT molecular complexity index is 394. The largest absolute Gasteiger partial charge is 0.481 e. The first-order valence-corrected chi connectivity index (χ1v) is 5.16. The maximum absolute atomic E-state index is 10.7. The van der Waals surface area contributed by atoms with Gasteiger partial charge >= 0.3 is 5.97 Å². The lowest BCUT2D eigenvalue weighted by molar-refractivity contribution is -0.140. The molecule has 88 valence electrons. The number of hydrogen-bond acceptors (Lipinski definition) is 4. The second-order valence-electron chi connectivity index (χ2n) is 4.26. The first-order valence-electron chi connectivity index (χ1n) is 5.16. The quantitative estimate of drug-likeness (QED) is 0.786. The van der Waals surface area contributed by atoms with Gasteiger partial charge in [-0.2, -0.15) is 0 Å². The van der Waals surface area contributed by atoms with E-state index >= 15 is 0 Å². The Morgan fingerprint density at radius 1 is 1.62 bits per heavy atom. The fraction of sp³-hybridized carbons (Fsp3) is 0.545. The third-order valence-electron chi connectivity index (χ3n) is 3.05. The van der Waals surface area contributed by atoms with E-state index in [1.807, 2.05) is 19.1 Å². The molecule has 0 saturated carbocycles. The van der Waals surface area contributed by atoms with E-state index in [1.165, 1.54) is 0 Å². The zero-order chi connectivity index (χ0) is 11.8. The lowest BCUT2D eigenvalue weighted by Crippen LogP contribution is -2.59. The molecule has 1 aromatic rings. The Balaban J connectivity index is 2.22. The number of hydrogen-bond donors (Lipinski definition) is 2. The highest BCUT2D eigenvalue weighted by molar-refractivity contribution is 5.68. The van der Waals surface area contributed by atoms with Gasteiger partial charge < -0.3 is 20.0 Å². The third-order valence-corrected chi connectivity index (χ3v) is 3.05. The Morgan fingerprint density at radius 3 is 2.69 bits per heavy atom. The number of carbonyl (C=O) groups is 1. The molecule has 1 aliphatic rings. The van der Waals surface area contributed by atoms with Crippen LogP contribution in [0.4, 0.5) is 0 Å². The summed E-state index contributed by atoms with van der Waals surface area (Å²) in [6.45, 7) is 2.70. The average molecular weight is 225 g/mol. The van der Waals surface area contributed by atoms with E-state index in [0.717, 1.165) is 11.5 Å². The van der Waals surface area contributed by atoms with Gasteiger partial charge in [0.25, 0.3) is 0 Å². The molecule has 1 fully saturated rings. The van der Waals surface area contributed by atoms with Gasteiger partial charge in [0.05, 0.1) is 25.0 Å². The van der Waals surface area contributed by atoms with Gasteiger partial charge in [-0.25, -0.2) is 0 Å². The number of carboxylic acids is 1. The van der Waals surface area contributed by atoms with Gasteiger partial charge in [-0.1, -0.05) is 0 Å². The molecule has 2 rings (SSSR count). The predicted octanol–water partition coefficient (Wildman–Crippen LogP) is 0.658. The first kappa shape index (κ1) is 11.2. The van der Waals surface area contributed by atoms with Crippen LogP contribution in [-0.2, 0) is 14.9 Å². The zero-order valence-corrected chi connectivity index (χ0v) is 9.10. The highest BCUT2D eigenvalue weighted by Gasteiger charge is 2.48. The number of furan rings is 1. The van der Waals surface area contributed by atoms with Crippen molar-refractivity contribution in [2.45, 2.75) is 24.8 Å². The summed E-state index contributed by atoms with van der Waals surface area (Å²) in [4.78, 5) is 10.7. The summed E-state index contributed by atoms with van der Waals surface area (Å²) in [5, 5.41) is 8.77. The van der Waals surface area contributed by atoms with E-state index in [9.17, 15) is 4.79 Å². The van der Waals surface area contributed by atoms with Crippen molar-refractivity contribution in [3.05, 3.63) is 23.7 Å². The van der Waals surface area contributed by atoms with Crippen LogP contribution in [0.2, 0.25) is 0 Å². The van der Waals surface area contributed by atoms with Gasteiger partial charge in [0, 0.05) is 6.04 Å². The van der Waals surface area contributed by atoms with Crippen LogP contribution in [0.25, 0.3) is 0 Å². The van der Waals surface area contributed by atoms with E-state index in [1.54, 1.807) is 0 Å². The first-order chi connectivity index (χ1) is 7.54. The Labute approximate surface area is 93.2 Å².